The third kappa shape index (κ3) is 4.65. The summed E-state index contributed by atoms with van der Waals surface area (Å²) in [6.45, 7) is 0. The molecule has 0 saturated heterocycles. The number of carbonyl (C=O) groups is 1. The summed E-state index contributed by atoms with van der Waals surface area (Å²) < 4.78 is 1.51. The lowest BCUT2D eigenvalue weighted by atomic mass is 9.95. The Labute approximate surface area is 174 Å². The van der Waals surface area contributed by atoms with Gasteiger partial charge in [0.15, 0.2) is 0 Å². The molecule has 2 aromatic carbocycles. The molecule has 30 heavy (non-hydrogen) atoms. The maximum atomic E-state index is 12.5. The summed E-state index contributed by atoms with van der Waals surface area (Å²) in [5.41, 5.74) is 2.81. The fraction of sp³-hybridized carbons (Fsp3) is 0.273. The normalized spacial score (nSPS) is 14.3. The minimum Gasteiger partial charge on any atom is -0.382 e. The molecule has 1 aliphatic carbocycles. The number of nitrogens with one attached hydrogen (secondary N) is 2. The summed E-state index contributed by atoms with van der Waals surface area (Å²) in [7, 11) is 0. The molecule has 0 unspecified atom stereocenters. The highest BCUT2D eigenvalue weighted by atomic mass is 16.6. The maximum Gasteiger partial charge on any atom is 0.269 e. The summed E-state index contributed by atoms with van der Waals surface area (Å²) in [6, 6.07) is 14.2. The number of rotatable bonds is 6. The number of hydrogen-bond acceptors (Lipinski definition) is 5. The van der Waals surface area contributed by atoms with Crippen molar-refractivity contribution in [3.8, 4) is 5.69 Å². The predicted octanol–water partition coefficient (Wildman–Crippen LogP) is 4.78. The summed E-state index contributed by atoms with van der Waals surface area (Å²) in [5, 5.41) is 21.4. The summed E-state index contributed by atoms with van der Waals surface area (Å²) >= 11 is 0. The lowest BCUT2D eigenvalue weighted by Gasteiger charge is -2.23. The smallest absolute Gasteiger partial charge is 0.269 e. The minimum absolute atomic E-state index is 0.00490. The van der Waals surface area contributed by atoms with Crippen molar-refractivity contribution >= 4 is 23.0 Å². The zero-order chi connectivity index (χ0) is 20.9. The molecular formula is C22H23N5O3. The Morgan fingerprint density at radius 3 is 2.33 bits per heavy atom. The number of aromatic nitrogens is 2. The number of nitrogens with zero attached hydrogens (tertiary/aromatic N) is 3. The molecule has 0 aliphatic heterocycles. The van der Waals surface area contributed by atoms with Crippen LogP contribution in [0.1, 0.15) is 42.5 Å². The van der Waals surface area contributed by atoms with E-state index < -0.39 is 4.92 Å². The molecule has 8 heteroatoms. The van der Waals surface area contributed by atoms with Crippen molar-refractivity contribution in [3.05, 3.63) is 76.6 Å². The quantitative estimate of drug-likeness (QED) is 0.454. The van der Waals surface area contributed by atoms with Gasteiger partial charge >= 0.3 is 0 Å². The van der Waals surface area contributed by atoms with E-state index >= 15 is 0 Å². The summed E-state index contributed by atoms with van der Waals surface area (Å²) in [6.07, 6.45) is 9.35. The van der Waals surface area contributed by atoms with E-state index in [1.165, 1.54) is 55.1 Å². The first kappa shape index (κ1) is 19.6. The van der Waals surface area contributed by atoms with Crippen LogP contribution in [0.25, 0.3) is 5.69 Å². The number of non-ortho nitro benzene ring substituents is 1. The highest BCUT2D eigenvalue weighted by molar-refractivity contribution is 6.04. The molecule has 1 aromatic heterocycles. The van der Waals surface area contributed by atoms with E-state index in [1.54, 1.807) is 18.3 Å². The first-order valence-corrected chi connectivity index (χ1v) is 10.1. The Bertz CT molecular complexity index is 1020. The van der Waals surface area contributed by atoms with Gasteiger partial charge in [0.1, 0.15) is 0 Å². The molecule has 0 spiro atoms. The number of anilines is 2. The number of carbonyl (C=O) groups excluding carboxylic acids is 1. The topological polar surface area (TPSA) is 102 Å². The third-order valence-corrected chi connectivity index (χ3v) is 5.29. The Kier molecular flexibility index (Phi) is 5.74. The molecule has 1 saturated carbocycles. The number of amides is 1. The van der Waals surface area contributed by atoms with Crippen LogP contribution in [0, 0.1) is 10.1 Å². The van der Waals surface area contributed by atoms with Gasteiger partial charge in [-0.05, 0) is 49.2 Å². The van der Waals surface area contributed by atoms with E-state index in [9.17, 15) is 14.9 Å². The second kappa shape index (κ2) is 8.77. The summed E-state index contributed by atoms with van der Waals surface area (Å²) in [4.78, 5) is 22.8. The zero-order valence-electron chi connectivity index (χ0n) is 16.5. The fourth-order valence-electron chi connectivity index (χ4n) is 3.64. The second-order valence-corrected chi connectivity index (χ2v) is 7.46. The van der Waals surface area contributed by atoms with Crippen molar-refractivity contribution < 1.29 is 9.72 Å². The molecule has 1 amide bonds. The van der Waals surface area contributed by atoms with E-state index in [1.807, 2.05) is 24.3 Å². The van der Waals surface area contributed by atoms with Crippen LogP contribution in [0.4, 0.5) is 17.1 Å². The number of nitro benzene ring substituents is 1. The van der Waals surface area contributed by atoms with E-state index in [0.717, 1.165) is 5.69 Å². The molecular weight excluding hydrogens is 382 g/mol. The Morgan fingerprint density at radius 2 is 1.67 bits per heavy atom. The van der Waals surface area contributed by atoms with Crippen molar-refractivity contribution in [1.29, 1.82) is 0 Å². The van der Waals surface area contributed by atoms with Crippen molar-refractivity contribution in [3.63, 3.8) is 0 Å². The zero-order valence-corrected chi connectivity index (χ0v) is 16.5. The van der Waals surface area contributed by atoms with E-state index in [-0.39, 0.29) is 11.6 Å². The second-order valence-electron chi connectivity index (χ2n) is 7.46. The fourth-order valence-corrected chi connectivity index (χ4v) is 3.64. The van der Waals surface area contributed by atoms with Gasteiger partial charge in [-0.3, -0.25) is 14.9 Å². The van der Waals surface area contributed by atoms with Crippen LogP contribution in [0.15, 0.2) is 60.9 Å². The van der Waals surface area contributed by atoms with Gasteiger partial charge in [0, 0.05) is 35.7 Å². The molecule has 3 aromatic rings. The Hall–Kier alpha value is -3.68. The van der Waals surface area contributed by atoms with Gasteiger partial charge in [0.05, 0.1) is 22.4 Å². The number of nitro groups is 1. The van der Waals surface area contributed by atoms with Gasteiger partial charge in [0.2, 0.25) is 0 Å². The van der Waals surface area contributed by atoms with Gasteiger partial charge in [-0.1, -0.05) is 19.3 Å². The minimum atomic E-state index is -0.457. The van der Waals surface area contributed by atoms with Crippen molar-refractivity contribution in [2.24, 2.45) is 0 Å². The van der Waals surface area contributed by atoms with Crippen LogP contribution >= 0.6 is 0 Å². The van der Waals surface area contributed by atoms with Crippen molar-refractivity contribution in [2.75, 3.05) is 10.6 Å². The van der Waals surface area contributed by atoms with E-state index in [4.69, 9.17) is 0 Å². The predicted molar refractivity (Wildman–Crippen MR) is 115 cm³/mol. The number of benzene rings is 2. The molecule has 0 bridgehead atoms. The van der Waals surface area contributed by atoms with Crippen LogP contribution in [0.5, 0.6) is 0 Å². The summed E-state index contributed by atoms with van der Waals surface area (Å²) in [5.74, 6) is -0.267. The van der Waals surface area contributed by atoms with Crippen LogP contribution in [-0.4, -0.2) is 26.7 Å². The average molecular weight is 405 g/mol. The SMILES string of the molecule is O=C(Nc1ccc(NC2CCCCC2)cc1)c1cnn(-c2ccc([N+](=O)[O-])cc2)c1. The molecule has 4 rings (SSSR count). The lowest BCUT2D eigenvalue weighted by molar-refractivity contribution is -0.384. The highest BCUT2D eigenvalue weighted by Gasteiger charge is 2.14. The van der Waals surface area contributed by atoms with Gasteiger partial charge in [0.25, 0.3) is 11.6 Å². The molecule has 154 valence electrons. The molecule has 1 fully saturated rings. The molecule has 1 heterocycles. The Morgan fingerprint density at radius 1 is 1.00 bits per heavy atom. The number of hydrogen-bond donors (Lipinski definition) is 2. The van der Waals surface area contributed by atoms with Crippen LogP contribution in [0.2, 0.25) is 0 Å². The molecule has 0 atom stereocenters. The maximum absolute atomic E-state index is 12.5. The third-order valence-electron chi connectivity index (χ3n) is 5.29. The Balaban J connectivity index is 1.37. The molecule has 1 aliphatic rings. The van der Waals surface area contributed by atoms with Gasteiger partial charge < -0.3 is 10.6 Å². The van der Waals surface area contributed by atoms with Gasteiger partial charge in [-0.2, -0.15) is 5.10 Å². The molecule has 0 radical (unpaired) electrons. The van der Waals surface area contributed by atoms with Crippen LogP contribution in [0.3, 0.4) is 0 Å². The van der Waals surface area contributed by atoms with Crippen LogP contribution in [-0.2, 0) is 0 Å². The van der Waals surface area contributed by atoms with Crippen LogP contribution < -0.4 is 10.6 Å². The van der Waals surface area contributed by atoms with Crippen molar-refractivity contribution in [2.45, 2.75) is 38.1 Å². The van der Waals surface area contributed by atoms with Gasteiger partial charge in [-0.15, -0.1) is 0 Å². The van der Waals surface area contributed by atoms with Crippen molar-refractivity contribution in [1.82, 2.24) is 9.78 Å². The molecule has 8 nitrogen and oxygen atoms in total. The lowest BCUT2D eigenvalue weighted by Crippen LogP contribution is -2.22. The monoisotopic (exact) mass is 405 g/mol. The standard InChI is InChI=1S/C22H23N5O3/c28-22(16-14-23-26(15-16)20-10-12-21(13-11-20)27(29)30)25-19-8-6-18(7-9-19)24-17-4-2-1-3-5-17/h6-15,17,24H,1-5H2,(H,25,28). The van der Waals surface area contributed by atoms with E-state index in [2.05, 4.69) is 15.7 Å². The largest absolute Gasteiger partial charge is 0.382 e. The average Bonchev–Trinajstić information content (AvgIpc) is 3.26. The van der Waals surface area contributed by atoms with E-state index in [0.29, 0.717) is 23.0 Å². The van der Waals surface area contributed by atoms with Gasteiger partial charge in [-0.25, -0.2) is 4.68 Å². The highest BCUT2D eigenvalue weighted by Crippen LogP contribution is 2.23. The molecule has 2 N–H and O–H groups in total. The first-order valence-electron chi connectivity index (χ1n) is 10.1. The first-order chi connectivity index (χ1) is 14.6.